The van der Waals surface area contributed by atoms with Gasteiger partial charge in [-0.25, -0.2) is 4.79 Å². The number of methoxy groups -OCH3 is 1. The Labute approximate surface area is 146 Å². The van der Waals surface area contributed by atoms with E-state index in [-0.39, 0.29) is 6.61 Å². The molecule has 2 aromatic rings. The Morgan fingerprint density at radius 1 is 1.00 bits per heavy atom. The first-order valence-electron chi connectivity index (χ1n) is 7.78. The Hall–Kier alpha value is -3.02. The first-order chi connectivity index (χ1) is 12.0. The Balaban J connectivity index is 1.81. The van der Waals surface area contributed by atoms with Crippen molar-refractivity contribution in [3.63, 3.8) is 0 Å². The lowest BCUT2D eigenvalue weighted by Crippen LogP contribution is -2.24. The summed E-state index contributed by atoms with van der Waals surface area (Å²) in [5, 5.41) is 2.66. The lowest BCUT2D eigenvalue weighted by Gasteiger charge is -2.12. The first kappa shape index (κ1) is 18.3. The van der Waals surface area contributed by atoms with Crippen molar-refractivity contribution in [3.05, 3.63) is 53.6 Å². The number of benzene rings is 2. The van der Waals surface area contributed by atoms with Crippen LogP contribution in [0.3, 0.4) is 0 Å². The van der Waals surface area contributed by atoms with Gasteiger partial charge in [0.2, 0.25) is 0 Å². The van der Waals surface area contributed by atoms with Gasteiger partial charge in [-0.15, -0.1) is 0 Å². The van der Waals surface area contributed by atoms with Crippen molar-refractivity contribution in [2.75, 3.05) is 25.6 Å². The number of hydrogen-bond donors (Lipinski definition) is 1. The summed E-state index contributed by atoms with van der Waals surface area (Å²) in [7, 11) is 1.52. The minimum absolute atomic E-state index is 0.258. The van der Waals surface area contributed by atoms with Gasteiger partial charge in [0.05, 0.1) is 12.8 Å². The molecule has 0 aliphatic carbocycles. The van der Waals surface area contributed by atoms with E-state index in [2.05, 4.69) is 5.32 Å². The summed E-state index contributed by atoms with van der Waals surface area (Å²) < 4.78 is 15.5. The van der Waals surface area contributed by atoms with Crippen molar-refractivity contribution < 1.29 is 23.8 Å². The highest BCUT2D eigenvalue weighted by Gasteiger charge is 2.11. The van der Waals surface area contributed by atoms with Crippen molar-refractivity contribution in [2.24, 2.45) is 0 Å². The SMILES string of the molecule is COc1ccc(C)cc1NC(=O)COC(=O)COc1ccccc1C. The largest absolute Gasteiger partial charge is 0.495 e. The molecule has 0 radical (unpaired) electrons. The molecule has 0 saturated carbocycles. The molecule has 6 nitrogen and oxygen atoms in total. The first-order valence-corrected chi connectivity index (χ1v) is 7.78. The van der Waals surface area contributed by atoms with Crippen molar-refractivity contribution in [1.82, 2.24) is 0 Å². The topological polar surface area (TPSA) is 73.9 Å². The molecule has 2 aromatic carbocycles. The summed E-state index contributed by atoms with van der Waals surface area (Å²) in [6.45, 7) is 3.13. The number of carbonyl (C=O) groups excluding carboxylic acids is 2. The van der Waals surface area contributed by atoms with E-state index in [0.717, 1.165) is 11.1 Å². The summed E-state index contributed by atoms with van der Waals surface area (Å²) in [6, 6.07) is 12.7. The molecule has 0 heterocycles. The maximum atomic E-state index is 11.9. The third-order valence-corrected chi connectivity index (χ3v) is 3.43. The number of para-hydroxylation sites is 1. The minimum atomic E-state index is -0.616. The average Bonchev–Trinajstić information content (AvgIpc) is 2.59. The summed E-state index contributed by atoms with van der Waals surface area (Å²) in [6.07, 6.45) is 0. The molecule has 6 heteroatoms. The number of rotatable bonds is 7. The molecule has 0 spiro atoms. The molecule has 0 atom stereocenters. The third-order valence-electron chi connectivity index (χ3n) is 3.43. The smallest absolute Gasteiger partial charge is 0.344 e. The van der Waals surface area contributed by atoms with E-state index in [9.17, 15) is 9.59 Å². The average molecular weight is 343 g/mol. The molecule has 0 bridgehead atoms. The molecule has 1 amide bonds. The van der Waals surface area contributed by atoms with E-state index in [1.165, 1.54) is 7.11 Å². The molecule has 132 valence electrons. The summed E-state index contributed by atoms with van der Waals surface area (Å²) in [5.74, 6) is 0.0734. The summed E-state index contributed by atoms with van der Waals surface area (Å²) in [5.41, 5.74) is 2.42. The number of carbonyl (C=O) groups is 2. The molecule has 0 aliphatic rings. The number of ether oxygens (including phenoxy) is 3. The van der Waals surface area contributed by atoms with E-state index in [1.807, 2.05) is 38.1 Å². The number of esters is 1. The van der Waals surface area contributed by atoms with Gasteiger partial charge in [0.25, 0.3) is 5.91 Å². The number of hydrogen-bond acceptors (Lipinski definition) is 5. The minimum Gasteiger partial charge on any atom is -0.495 e. The Morgan fingerprint density at radius 3 is 2.48 bits per heavy atom. The molecule has 0 aliphatic heterocycles. The van der Waals surface area contributed by atoms with Gasteiger partial charge in [0, 0.05) is 0 Å². The maximum absolute atomic E-state index is 11.9. The standard InChI is InChI=1S/C19H21NO5/c1-13-8-9-17(23-3)15(10-13)20-18(21)11-25-19(22)12-24-16-7-5-4-6-14(16)2/h4-10H,11-12H2,1-3H3,(H,20,21). The van der Waals surface area contributed by atoms with Crippen LogP contribution in [0.4, 0.5) is 5.69 Å². The quantitative estimate of drug-likeness (QED) is 0.783. The van der Waals surface area contributed by atoms with E-state index in [4.69, 9.17) is 14.2 Å². The second-order valence-corrected chi connectivity index (χ2v) is 5.47. The summed E-state index contributed by atoms with van der Waals surface area (Å²) in [4.78, 5) is 23.6. The predicted octanol–water partition coefficient (Wildman–Crippen LogP) is 2.87. The lowest BCUT2D eigenvalue weighted by atomic mass is 10.2. The van der Waals surface area contributed by atoms with Crippen LogP contribution in [0.15, 0.2) is 42.5 Å². The highest BCUT2D eigenvalue weighted by Crippen LogP contribution is 2.25. The van der Waals surface area contributed by atoms with Gasteiger partial charge in [-0.1, -0.05) is 24.3 Å². The normalized spacial score (nSPS) is 10.0. The van der Waals surface area contributed by atoms with Crippen molar-refractivity contribution in [2.45, 2.75) is 13.8 Å². The van der Waals surface area contributed by atoms with Gasteiger partial charge in [-0.3, -0.25) is 4.79 Å². The molecule has 1 N–H and O–H groups in total. The van der Waals surface area contributed by atoms with Crippen molar-refractivity contribution in [3.8, 4) is 11.5 Å². The van der Waals surface area contributed by atoms with Crippen LogP contribution < -0.4 is 14.8 Å². The second-order valence-electron chi connectivity index (χ2n) is 5.47. The Bertz CT molecular complexity index is 757. The van der Waals surface area contributed by atoms with Gasteiger partial charge < -0.3 is 19.5 Å². The molecular formula is C19H21NO5. The second kappa shape index (κ2) is 8.73. The molecule has 0 fully saturated rings. The third kappa shape index (κ3) is 5.53. The van der Waals surface area contributed by atoms with Crippen molar-refractivity contribution >= 4 is 17.6 Å². The monoisotopic (exact) mass is 343 g/mol. The summed E-state index contributed by atoms with van der Waals surface area (Å²) >= 11 is 0. The van der Waals surface area contributed by atoms with Gasteiger partial charge in [0.15, 0.2) is 13.2 Å². The van der Waals surface area contributed by atoms with Gasteiger partial charge in [0.1, 0.15) is 11.5 Å². The van der Waals surface area contributed by atoms with Crippen molar-refractivity contribution in [1.29, 1.82) is 0 Å². The molecule has 0 aromatic heterocycles. The fourth-order valence-electron chi connectivity index (χ4n) is 2.15. The predicted molar refractivity (Wildman–Crippen MR) is 94.0 cm³/mol. The van der Waals surface area contributed by atoms with E-state index in [0.29, 0.717) is 17.2 Å². The maximum Gasteiger partial charge on any atom is 0.344 e. The number of anilines is 1. The number of amides is 1. The fraction of sp³-hybridized carbons (Fsp3) is 0.263. The van der Waals surface area contributed by atoms with Gasteiger partial charge in [-0.05, 0) is 43.2 Å². The molecule has 0 unspecified atom stereocenters. The van der Waals surface area contributed by atoms with E-state index in [1.54, 1.807) is 18.2 Å². The molecule has 25 heavy (non-hydrogen) atoms. The Kier molecular flexibility index (Phi) is 6.39. The van der Waals surface area contributed by atoms with Crippen LogP contribution in [-0.2, 0) is 14.3 Å². The van der Waals surface area contributed by atoms with Crippen LogP contribution in [-0.4, -0.2) is 32.2 Å². The van der Waals surface area contributed by atoms with Crippen LogP contribution >= 0.6 is 0 Å². The van der Waals surface area contributed by atoms with Gasteiger partial charge in [-0.2, -0.15) is 0 Å². The fourth-order valence-corrected chi connectivity index (χ4v) is 2.15. The number of aryl methyl sites for hydroxylation is 2. The lowest BCUT2D eigenvalue weighted by molar-refractivity contribution is -0.149. The van der Waals surface area contributed by atoms with E-state index < -0.39 is 18.5 Å². The highest BCUT2D eigenvalue weighted by atomic mass is 16.6. The van der Waals surface area contributed by atoms with Crippen LogP contribution in [0, 0.1) is 13.8 Å². The van der Waals surface area contributed by atoms with Gasteiger partial charge >= 0.3 is 5.97 Å². The van der Waals surface area contributed by atoms with Crippen LogP contribution in [0.25, 0.3) is 0 Å². The van der Waals surface area contributed by atoms with E-state index >= 15 is 0 Å². The number of nitrogens with one attached hydrogen (secondary N) is 1. The molecule has 2 rings (SSSR count). The highest BCUT2D eigenvalue weighted by molar-refractivity contribution is 5.94. The van der Waals surface area contributed by atoms with Crippen LogP contribution in [0.2, 0.25) is 0 Å². The Morgan fingerprint density at radius 2 is 1.76 bits per heavy atom. The zero-order valence-corrected chi connectivity index (χ0v) is 14.5. The zero-order chi connectivity index (χ0) is 18.2. The molecule has 0 saturated heterocycles. The van der Waals surface area contributed by atoms with Crippen LogP contribution in [0.1, 0.15) is 11.1 Å². The molecular weight excluding hydrogens is 322 g/mol. The zero-order valence-electron chi connectivity index (χ0n) is 14.5. The van der Waals surface area contributed by atoms with Crippen LogP contribution in [0.5, 0.6) is 11.5 Å².